The molecule has 13 heavy (non-hydrogen) atoms. The average Bonchev–Trinajstić information content (AvgIpc) is 2.60. The molecule has 1 spiro atoms. The van der Waals surface area contributed by atoms with E-state index in [-0.39, 0.29) is 5.79 Å². The SMILES string of the molecule is CCC1CCC2(OCCO2)C(Br)C1. The Balaban J connectivity index is 2.00. The number of halogens is 1. The molecule has 1 aliphatic carbocycles. The molecule has 3 heteroatoms. The van der Waals surface area contributed by atoms with E-state index in [1.54, 1.807) is 0 Å². The van der Waals surface area contributed by atoms with E-state index in [1.807, 2.05) is 0 Å². The van der Waals surface area contributed by atoms with Gasteiger partial charge in [0.15, 0.2) is 5.79 Å². The second-order valence-corrected chi connectivity index (χ2v) is 5.13. The maximum absolute atomic E-state index is 5.72. The van der Waals surface area contributed by atoms with E-state index in [1.165, 1.54) is 19.3 Å². The first-order valence-electron chi connectivity index (χ1n) is 5.19. The van der Waals surface area contributed by atoms with Crippen molar-refractivity contribution in [3.05, 3.63) is 0 Å². The molecule has 0 radical (unpaired) electrons. The van der Waals surface area contributed by atoms with Gasteiger partial charge in [0.25, 0.3) is 0 Å². The molecule has 1 saturated carbocycles. The van der Waals surface area contributed by atoms with Crippen molar-refractivity contribution in [1.29, 1.82) is 0 Å². The van der Waals surface area contributed by atoms with Crippen molar-refractivity contribution in [2.45, 2.75) is 43.2 Å². The molecule has 2 atom stereocenters. The second-order valence-electron chi connectivity index (χ2n) is 4.02. The van der Waals surface area contributed by atoms with Crippen LogP contribution in [-0.4, -0.2) is 23.8 Å². The fourth-order valence-corrected chi connectivity index (χ4v) is 3.34. The van der Waals surface area contributed by atoms with Crippen LogP contribution in [0.4, 0.5) is 0 Å². The Morgan fingerprint density at radius 1 is 1.38 bits per heavy atom. The topological polar surface area (TPSA) is 18.5 Å². The zero-order valence-electron chi connectivity index (χ0n) is 8.09. The molecule has 76 valence electrons. The number of hydrogen-bond acceptors (Lipinski definition) is 2. The van der Waals surface area contributed by atoms with E-state index in [0.29, 0.717) is 4.83 Å². The van der Waals surface area contributed by atoms with Crippen LogP contribution < -0.4 is 0 Å². The van der Waals surface area contributed by atoms with Crippen molar-refractivity contribution in [1.82, 2.24) is 0 Å². The van der Waals surface area contributed by atoms with E-state index in [2.05, 4.69) is 22.9 Å². The maximum atomic E-state index is 5.72. The van der Waals surface area contributed by atoms with Gasteiger partial charge in [-0.15, -0.1) is 0 Å². The highest BCUT2D eigenvalue weighted by atomic mass is 79.9. The van der Waals surface area contributed by atoms with Crippen LogP contribution >= 0.6 is 15.9 Å². The molecule has 1 heterocycles. The van der Waals surface area contributed by atoms with Crippen LogP contribution in [0, 0.1) is 5.92 Å². The van der Waals surface area contributed by atoms with Gasteiger partial charge < -0.3 is 9.47 Å². The largest absolute Gasteiger partial charge is 0.346 e. The third-order valence-electron chi connectivity index (χ3n) is 3.27. The molecule has 0 bridgehead atoms. The Bertz CT molecular complexity index is 178. The lowest BCUT2D eigenvalue weighted by molar-refractivity contribution is -0.175. The lowest BCUT2D eigenvalue weighted by Crippen LogP contribution is -2.44. The van der Waals surface area contributed by atoms with Crippen molar-refractivity contribution >= 4 is 15.9 Å². The minimum Gasteiger partial charge on any atom is -0.346 e. The van der Waals surface area contributed by atoms with E-state index in [0.717, 1.165) is 25.6 Å². The van der Waals surface area contributed by atoms with E-state index in [9.17, 15) is 0 Å². The smallest absolute Gasteiger partial charge is 0.180 e. The number of alkyl halides is 1. The fraction of sp³-hybridized carbons (Fsp3) is 1.00. The highest BCUT2D eigenvalue weighted by Gasteiger charge is 2.46. The Morgan fingerprint density at radius 3 is 2.62 bits per heavy atom. The summed E-state index contributed by atoms with van der Waals surface area (Å²) >= 11 is 3.70. The fourth-order valence-electron chi connectivity index (χ4n) is 2.32. The normalized spacial score (nSPS) is 38.3. The molecule has 2 rings (SSSR count). The van der Waals surface area contributed by atoms with E-state index < -0.39 is 0 Å². The van der Waals surface area contributed by atoms with Crippen LogP contribution in [0.5, 0.6) is 0 Å². The molecule has 1 saturated heterocycles. The van der Waals surface area contributed by atoms with Gasteiger partial charge in [0.05, 0.1) is 18.0 Å². The van der Waals surface area contributed by atoms with Gasteiger partial charge in [0.2, 0.25) is 0 Å². The minimum atomic E-state index is -0.272. The monoisotopic (exact) mass is 248 g/mol. The molecule has 2 nitrogen and oxygen atoms in total. The Labute approximate surface area is 88.1 Å². The first-order chi connectivity index (χ1) is 6.27. The highest BCUT2D eigenvalue weighted by molar-refractivity contribution is 9.09. The van der Waals surface area contributed by atoms with Gasteiger partial charge >= 0.3 is 0 Å². The van der Waals surface area contributed by atoms with Crippen molar-refractivity contribution < 1.29 is 9.47 Å². The zero-order chi connectivity index (χ0) is 9.31. The summed E-state index contributed by atoms with van der Waals surface area (Å²) in [4.78, 5) is 0.390. The quantitative estimate of drug-likeness (QED) is 0.665. The standard InChI is InChI=1S/C10H17BrO2/c1-2-8-3-4-10(9(11)7-8)12-5-6-13-10/h8-9H,2-7H2,1H3. The van der Waals surface area contributed by atoms with Crippen LogP contribution in [0.1, 0.15) is 32.6 Å². The van der Waals surface area contributed by atoms with Crippen molar-refractivity contribution in [3.8, 4) is 0 Å². The Morgan fingerprint density at radius 2 is 2.08 bits per heavy atom. The third kappa shape index (κ3) is 1.79. The minimum absolute atomic E-state index is 0.272. The molecular weight excluding hydrogens is 232 g/mol. The molecule has 2 fully saturated rings. The highest BCUT2D eigenvalue weighted by Crippen LogP contribution is 2.43. The Hall–Kier alpha value is 0.400. The number of ether oxygens (including phenoxy) is 2. The summed E-state index contributed by atoms with van der Waals surface area (Å²) in [6, 6.07) is 0. The molecule has 0 N–H and O–H groups in total. The first kappa shape index (κ1) is 9.94. The lowest BCUT2D eigenvalue weighted by Gasteiger charge is -2.39. The lowest BCUT2D eigenvalue weighted by atomic mass is 9.83. The van der Waals surface area contributed by atoms with Crippen molar-refractivity contribution in [2.24, 2.45) is 5.92 Å². The van der Waals surface area contributed by atoms with Crippen LogP contribution in [0.3, 0.4) is 0 Å². The summed E-state index contributed by atoms with van der Waals surface area (Å²) in [6.45, 7) is 3.79. The summed E-state index contributed by atoms with van der Waals surface area (Å²) < 4.78 is 11.4. The summed E-state index contributed by atoms with van der Waals surface area (Å²) in [5.41, 5.74) is 0. The molecule has 0 amide bonds. The van der Waals surface area contributed by atoms with Gasteiger partial charge in [-0.3, -0.25) is 0 Å². The van der Waals surface area contributed by atoms with Crippen molar-refractivity contribution in [2.75, 3.05) is 13.2 Å². The van der Waals surface area contributed by atoms with Crippen LogP contribution in [0.25, 0.3) is 0 Å². The van der Waals surface area contributed by atoms with Gasteiger partial charge in [-0.05, 0) is 18.8 Å². The van der Waals surface area contributed by atoms with Crippen LogP contribution in [-0.2, 0) is 9.47 Å². The van der Waals surface area contributed by atoms with E-state index in [4.69, 9.17) is 9.47 Å². The summed E-state index contributed by atoms with van der Waals surface area (Å²) in [5.74, 6) is 0.578. The molecule has 2 unspecified atom stereocenters. The summed E-state index contributed by atoms with van der Waals surface area (Å²) in [5, 5.41) is 0. The van der Waals surface area contributed by atoms with E-state index >= 15 is 0 Å². The average molecular weight is 249 g/mol. The van der Waals surface area contributed by atoms with Crippen LogP contribution in [0.2, 0.25) is 0 Å². The molecule has 0 aromatic carbocycles. The number of rotatable bonds is 1. The summed E-state index contributed by atoms with van der Waals surface area (Å²) in [6.07, 6.45) is 4.77. The first-order valence-corrected chi connectivity index (χ1v) is 6.10. The zero-order valence-corrected chi connectivity index (χ0v) is 9.68. The maximum Gasteiger partial charge on any atom is 0.180 e. The van der Waals surface area contributed by atoms with Gasteiger partial charge in [0, 0.05) is 6.42 Å². The molecule has 2 aliphatic rings. The molecule has 0 aromatic heterocycles. The van der Waals surface area contributed by atoms with Crippen LogP contribution in [0.15, 0.2) is 0 Å². The predicted octanol–water partition coefficient (Wildman–Crippen LogP) is 2.70. The molecule has 1 aliphatic heterocycles. The van der Waals surface area contributed by atoms with Gasteiger partial charge in [0.1, 0.15) is 0 Å². The molecule has 0 aromatic rings. The predicted molar refractivity (Wildman–Crippen MR) is 55.0 cm³/mol. The second kappa shape index (κ2) is 3.87. The van der Waals surface area contributed by atoms with Crippen molar-refractivity contribution in [3.63, 3.8) is 0 Å². The van der Waals surface area contributed by atoms with Gasteiger partial charge in [-0.2, -0.15) is 0 Å². The molecular formula is C10H17BrO2. The number of hydrogen-bond donors (Lipinski definition) is 0. The Kier molecular flexibility index (Phi) is 2.96. The van der Waals surface area contributed by atoms with Gasteiger partial charge in [-0.25, -0.2) is 0 Å². The van der Waals surface area contributed by atoms with Gasteiger partial charge in [-0.1, -0.05) is 29.3 Å². The summed E-state index contributed by atoms with van der Waals surface area (Å²) in [7, 11) is 0. The third-order valence-corrected chi connectivity index (χ3v) is 4.34.